The van der Waals surface area contributed by atoms with Crippen molar-refractivity contribution in [2.24, 2.45) is 0 Å². The van der Waals surface area contributed by atoms with Gasteiger partial charge in [-0.1, -0.05) is 77.9 Å². The van der Waals surface area contributed by atoms with Gasteiger partial charge in [-0.2, -0.15) is 70.2 Å². The van der Waals surface area contributed by atoms with Gasteiger partial charge in [-0.25, -0.2) is 0 Å². The Morgan fingerprint density at radius 1 is 0.388 bits per heavy atom. The van der Waals surface area contributed by atoms with Crippen molar-refractivity contribution in [1.82, 2.24) is 0 Å². The second-order valence-electron chi connectivity index (χ2n) is 20.0. The summed E-state index contributed by atoms with van der Waals surface area (Å²) in [6.45, 7) is 7.92. The normalized spacial score (nSPS) is 22.4. The maximum absolute atomic E-state index is 16.0. The third-order valence-corrected chi connectivity index (χ3v) is 14.1. The number of alkyl halides is 16. The average molecular weight is 953 g/mol. The Kier molecular flexibility index (Phi) is 7.90. The molecule has 0 amide bonds. The van der Waals surface area contributed by atoms with E-state index in [1.807, 2.05) is 41.5 Å². The monoisotopic (exact) mass is 953 g/mol. The first kappa shape index (κ1) is 44.0. The minimum Gasteiger partial charge on any atom is -0.458 e. The van der Waals surface area contributed by atoms with Crippen molar-refractivity contribution in [1.29, 1.82) is 0 Å². The summed E-state index contributed by atoms with van der Waals surface area (Å²) in [5.41, 5.74) is -12.4. The first-order valence-electron chi connectivity index (χ1n) is 20.6. The van der Waals surface area contributed by atoms with Gasteiger partial charge in [0.15, 0.2) is 0 Å². The van der Waals surface area contributed by atoms with E-state index in [-0.39, 0.29) is 74.8 Å². The summed E-state index contributed by atoms with van der Waals surface area (Å²) in [7, 11) is 0. The molecule has 2 aliphatic carbocycles. The van der Waals surface area contributed by atoms with E-state index in [4.69, 9.17) is 9.47 Å². The Bertz CT molecular complexity index is 2920. The number of hydrogen-bond donors (Lipinski definition) is 0. The summed E-state index contributed by atoms with van der Waals surface area (Å²) in [6.07, 6.45) is 0. The molecule has 5 aromatic carbocycles. The van der Waals surface area contributed by atoms with E-state index in [0.29, 0.717) is 16.0 Å². The summed E-state index contributed by atoms with van der Waals surface area (Å²) in [5.74, 6) is -51.5. The van der Waals surface area contributed by atoms with Crippen molar-refractivity contribution in [3.8, 4) is 23.0 Å². The molecule has 0 fully saturated rings. The van der Waals surface area contributed by atoms with Crippen molar-refractivity contribution in [2.75, 3.05) is 4.90 Å². The van der Waals surface area contributed by atoms with E-state index in [1.165, 1.54) is 18.2 Å². The second-order valence-corrected chi connectivity index (χ2v) is 20.0. The van der Waals surface area contributed by atoms with Gasteiger partial charge in [0, 0.05) is 45.4 Å². The van der Waals surface area contributed by atoms with Crippen molar-refractivity contribution >= 4 is 63.3 Å². The van der Waals surface area contributed by atoms with Gasteiger partial charge in [-0.15, -0.1) is 0 Å². The third kappa shape index (κ3) is 4.86. The molecule has 0 saturated heterocycles. The smallest absolute Gasteiger partial charge is 0.382 e. The maximum Gasteiger partial charge on any atom is 0.382 e. The number of anilines is 3. The molecule has 11 rings (SSSR count). The highest BCUT2D eigenvalue weighted by molar-refractivity contribution is 7.03. The zero-order valence-electron chi connectivity index (χ0n) is 35.3. The predicted octanol–water partition coefficient (Wildman–Crippen LogP) is 10.6. The molecule has 4 heterocycles. The minimum absolute atomic E-state index is 0.0150. The molecular weight excluding hydrogens is 924 g/mol. The lowest BCUT2D eigenvalue weighted by Crippen LogP contribution is -2.68. The van der Waals surface area contributed by atoms with Crippen LogP contribution >= 0.6 is 0 Å². The zero-order chi connectivity index (χ0) is 48.9. The highest BCUT2D eigenvalue weighted by Gasteiger charge is 2.87. The molecule has 0 unspecified atom stereocenters. The first-order valence-corrected chi connectivity index (χ1v) is 20.6. The van der Waals surface area contributed by atoms with Gasteiger partial charge < -0.3 is 14.4 Å². The SMILES string of the molecule is CC(C)(C)c1ccc2c(c1)Oc1cc3c4c5c1B2c1cc2c(cc1N5c1cc5c(cc1B4c1ccc(C(C)(C)C)cc1O3)C(F)(F)C(F)(F)C(F)(F)C5(F)F)C(F)(F)C(F)(F)C(F)(F)C2(F)F. The molecule has 0 N–H and O–H groups in total. The van der Waals surface area contributed by atoms with E-state index < -0.39 is 116 Å². The highest BCUT2D eigenvalue weighted by atomic mass is 19.4. The molecule has 0 bridgehead atoms. The van der Waals surface area contributed by atoms with Gasteiger partial charge in [-0.05, 0) is 79.0 Å². The molecular formula is C46H29B2F16NO2. The summed E-state index contributed by atoms with van der Waals surface area (Å²) >= 11 is 0. The lowest BCUT2D eigenvalue weighted by atomic mass is 9.29. The molecule has 6 aliphatic rings. The van der Waals surface area contributed by atoms with Crippen molar-refractivity contribution in [2.45, 2.75) is 99.8 Å². The van der Waals surface area contributed by atoms with Crippen LogP contribution in [0.5, 0.6) is 23.0 Å². The number of benzene rings is 5. The lowest BCUT2D eigenvalue weighted by Gasteiger charge is -2.49. The van der Waals surface area contributed by atoms with Crippen LogP contribution in [0.4, 0.5) is 87.3 Å². The topological polar surface area (TPSA) is 21.7 Å². The van der Waals surface area contributed by atoms with Crippen LogP contribution in [0.25, 0.3) is 0 Å². The van der Waals surface area contributed by atoms with Crippen LogP contribution in [0.3, 0.4) is 0 Å². The van der Waals surface area contributed by atoms with Crippen molar-refractivity contribution in [3.63, 3.8) is 0 Å². The van der Waals surface area contributed by atoms with E-state index in [9.17, 15) is 0 Å². The van der Waals surface area contributed by atoms with Crippen molar-refractivity contribution < 1.29 is 79.7 Å². The van der Waals surface area contributed by atoms with Gasteiger partial charge >= 0.3 is 47.4 Å². The van der Waals surface area contributed by atoms with Gasteiger partial charge in [0.1, 0.15) is 23.0 Å². The largest absolute Gasteiger partial charge is 0.458 e. The third-order valence-electron chi connectivity index (χ3n) is 14.1. The Labute approximate surface area is 370 Å². The van der Waals surface area contributed by atoms with Gasteiger partial charge in [-0.3, -0.25) is 0 Å². The fraction of sp³-hybridized carbons (Fsp3) is 0.348. The number of hydrogen-bond acceptors (Lipinski definition) is 3. The standard InChI is InChI=1S/C46H29B2F16NO2/c1-37(2,3)18-7-9-24-30(11-18)66-32-17-33-35-36-34(32)47(24)26-13-20-22(41(53,54)45(61,62)43(57,58)39(20,49)50)15-28(26)65(36)29-16-23-21(40(51,52)44(59,60)46(63,64)42(23,55)56)14-27(29)48(35)25-10-8-19(38(4,5)6)12-31(25)67-33/h7-17H,1-6H3. The fourth-order valence-electron chi connectivity index (χ4n) is 10.4. The lowest BCUT2D eigenvalue weighted by molar-refractivity contribution is -0.386. The molecule has 0 atom stereocenters. The first-order chi connectivity index (χ1) is 30.5. The molecule has 0 aromatic heterocycles. The number of ether oxygens (including phenoxy) is 2. The molecule has 67 heavy (non-hydrogen) atoms. The van der Waals surface area contributed by atoms with Crippen LogP contribution < -0.4 is 47.2 Å². The van der Waals surface area contributed by atoms with Crippen LogP contribution in [0.1, 0.15) is 74.9 Å². The van der Waals surface area contributed by atoms with Gasteiger partial charge in [0.25, 0.3) is 13.4 Å². The van der Waals surface area contributed by atoms with Crippen LogP contribution in [0.15, 0.2) is 66.7 Å². The van der Waals surface area contributed by atoms with E-state index >= 15 is 70.2 Å². The van der Waals surface area contributed by atoms with Crippen LogP contribution in [-0.4, -0.2) is 37.1 Å². The Morgan fingerprint density at radius 2 is 0.701 bits per heavy atom. The number of rotatable bonds is 0. The highest BCUT2D eigenvalue weighted by Crippen LogP contribution is 2.67. The summed E-state index contributed by atoms with van der Waals surface area (Å²) in [5, 5.41) is 0. The summed E-state index contributed by atoms with van der Waals surface area (Å²) < 4.78 is 262. The maximum atomic E-state index is 16.0. The Morgan fingerprint density at radius 3 is 1.01 bits per heavy atom. The van der Waals surface area contributed by atoms with E-state index in [0.717, 1.165) is 0 Å². The molecule has 0 saturated carbocycles. The molecule has 0 spiro atoms. The van der Waals surface area contributed by atoms with Crippen LogP contribution in [-0.2, 0) is 34.5 Å². The molecule has 0 radical (unpaired) electrons. The average Bonchev–Trinajstić information content (AvgIpc) is 3.22. The number of fused-ring (bicyclic) bond motifs is 12. The molecule has 4 aliphatic heterocycles. The van der Waals surface area contributed by atoms with Crippen LogP contribution in [0, 0.1) is 0 Å². The molecule has 21 heteroatoms. The van der Waals surface area contributed by atoms with Gasteiger partial charge in [0.2, 0.25) is 0 Å². The quantitative estimate of drug-likeness (QED) is 0.112. The van der Waals surface area contributed by atoms with E-state index in [2.05, 4.69) is 0 Å². The second kappa shape index (κ2) is 12.0. The van der Waals surface area contributed by atoms with Gasteiger partial charge in [0.05, 0.1) is 0 Å². The molecule has 5 aromatic rings. The Balaban J connectivity index is 1.31. The summed E-state index contributed by atoms with van der Waals surface area (Å²) in [6, 6.07) is 10.8. The number of nitrogens with zero attached hydrogens (tertiary/aromatic N) is 1. The predicted molar refractivity (Wildman–Crippen MR) is 216 cm³/mol. The van der Waals surface area contributed by atoms with E-state index in [1.54, 1.807) is 24.3 Å². The molecule has 3 nitrogen and oxygen atoms in total. The molecule has 348 valence electrons. The van der Waals surface area contributed by atoms with Crippen LogP contribution in [0.2, 0.25) is 0 Å². The minimum atomic E-state index is -6.77. The summed E-state index contributed by atoms with van der Waals surface area (Å²) in [4.78, 5) is 0.698. The number of halogens is 16. The Hall–Kier alpha value is -5.49. The zero-order valence-corrected chi connectivity index (χ0v) is 35.3. The fourth-order valence-corrected chi connectivity index (χ4v) is 10.4. The van der Waals surface area contributed by atoms with Crippen molar-refractivity contribution in [3.05, 3.63) is 100 Å².